The smallest absolute Gasteiger partial charge is 0.240 e. The maximum atomic E-state index is 12.6. The predicted molar refractivity (Wildman–Crippen MR) is 74.4 cm³/mol. The van der Waals surface area contributed by atoms with E-state index in [9.17, 15) is 4.79 Å². The summed E-state index contributed by atoms with van der Waals surface area (Å²) in [6.07, 6.45) is 7.92. The molecular weight excluding hydrogens is 224 g/mol. The third-order valence-corrected chi connectivity index (χ3v) is 5.09. The molecule has 2 fully saturated rings. The first-order valence-corrected chi connectivity index (χ1v) is 7.56. The lowest BCUT2D eigenvalue weighted by atomic mass is 9.73. The summed E-state index contributed by atoms with van der Waals surface area (Å²) in [5.74, 6) is 0.238. The minimum atomic E-state index is -0.284. The summed E-state index contributed by atoms with van der Waals surface area (Å²) >= 11 is 0. The summed E-state index contributed by atoms with van der Waals surface area (Å²) in [4.78, 5) is 12.6. The van der Waals surface area contributed by atoms with Gasteiger partial charge in [0.25, 0.3) is 0 Å². The van der Waals surface area contributed by atoms with Crippen LogP contribution in [0.4, 0.5) is 0 Å². The van der Waals surface area contributed by atoms with E-state index >= 15 is 0 Å². The molecule has 0 bridgehead atoms. The highest BCUT2D eigenvalue weighted by Crippen LogP contribution is 2.36. The van der Waals surface area contributed by atoms with Gasteiger partial charge in [0.05, 0.1) is 5.54 Å². The summed E-state index contributed by atoms with van der Waals surface area (Å²) in [5.41, 5.74) is -0.0328. The van der Waals surface area contributed by atoms with Gasteiger partial charge in [0.1, 0.15) is 0 Å². The highest BCUT2D eigenvalue weighted by molar-refractivity contribution is 5.87. The van der Waals surface area contributed by atoms with Crippen LogP contribution in [-0.2, 0) is 4.79 Å². The molecule has 1 aliphatic heterocycles. The molecule has 1 saturated heterocycles. The van der Waals surface area contributed by atoms with Gasteiger partial charge in [-0.2, -0.15) is 0 Å². The summed E-state index contributed by atoms with van der Waals surface area (Å²) in [7, 11) is 0. The van der Waals surface area contributed by atoms with Gasteiger partial charge in [0.15, 0.2) is 0 Å². The Kier molecular flexibility index (Phi) is 4.00. The number of hydrogen-bond acceptors (Lipinski definition) is 2. The van der Waals surface area contributed by atoms with Gasteiger partial charge in [0.2, 0.25) is 5.91 Å². The molecule has 0 spiro atoms. The summed E-state index contributed by atoms with van der Waals surface area (Å²) in [5, 5.41) is 6.77. The Morgan fingerprint density at radius 1 is 1.28 bits per heavy atom. The molecule has 1 saturated carbocycles. The number of amides is 1. The lowest BCUT2D eigenvalue weighted by Crippen LogP contribution is -2.58. The van der Waals surface area contributed by atoms with Gasteiger partial charge in [-0.15, -0.1) is 0 Å². The molecule has 18 heavy (non-hydrogen) atoms. The minimum absolute atomic E-state index is 0.238. The van der Waals surface area contributed by atoms with Crippen LogP contribution in [0.1, 0.15) is 65.7 Å². The average molecular weight is 252 g/mol. The second kappa shape index (κ2) is 5.20. The van der Waals surface area contributed by atoms with Crippen molar-refractivity contribution in [1.82, 2.24) is 10.6 Å². The SMILES string of the molecule is CCC1(C(=O)NC2CCCCC2(C)C)CCCN1. The van der Waals surface area contributed by atoms with Crippen molar-refractivity contribution >= 4 is 5.91 Å². The van der Waals surface area contributed by atoms with E-state index in [4.69, 9.17) is 0 Å². The zero-order valence-electron chi connectivity index (χ0n) is 12.1. The Balaban J connectivity index is 2.01. The molecule has 1 amide bonds. The molecule has 3 heteroatoms. The Hall–Kier alpha value is -0.570. The predicted octanol–water partition coefficient (Wildman–Crippen LogP) is 2.60. The van der Waals surface area contributed by atoms with E-state index in [1.54, 1.807) is 0 Å². The van der Waals surface area contributed by atoms with Gasteiger partial charge >= 0.3 is 0 Å². The largest absolute Gasteiger partial charge is 0.351 e. The maximum absolute atomic E-state index is 12.6. The Morgan fingerprint density at radius 2 is 2.06 bits per heavy atom. The fourth-order valence-electron chi connectivity index (χ4n) is 3.52. The van der Waals surface area contributed by atoms with Gasteiger partial charge in [0, 0.05) is 6.04 Å². The standard InChI is InChI=1S/C15H28N2O/c1-4-15(10-7-11-16-15)13(18)17-12-8-5-6-9-14(12,2)3/h12,16H,4-11H2,1-3H3,(H,17,18). The second-order valence-electron chi connectivity index (χ2n) is 6.73. The number of nitrogens with one attached hydrogen (secondary N) is 2. The van der Waals surface area contributed by atoms with Crippen LogP contribution in [0.2, 0.25) is 0 Å². The molecule has 2 aliphatic rings. The first-order valence-electron chi connectivity index (χ1n) is 7.56. The maximum Gasteiger partial charge on any atom is 0.240 e. The number of rotatable bonds is 3. The highest BCUT2D eigenvalue weighted by atomic mass is 16.2. The molecule has 0 aromatic rings. The summed E-state index contributed by atoms with van der Waals surface area (Å²) in [6.45, 7) is 7.68. The zero-order chi connectivity index (χ0) is 13.2. The molecule has 1 heterocycles. The molecule has 2 rings (SSSR count). The van der Waals surface area contributed by atoms with E-state index in [0.29, 0.717) is 6.04 Å². The van der Waals surface area contributed by atoms with Crippen LogP contribution in [0.25, 0.3) is 0 Å². The Labute approximate surface area is 111 Å². The molecule has 2 N–H and O–H groups in total. The van der Waals surface area contributed by atoms with Crippen LogP contribution in [0.5, 0.6) is 0 Å². The third-order valence-electron chi connectivity index (χ3n) is 5.09. The molecular formula is C15H28N2O. The van der Waals surface area contributed by atoms with Crippen LogP contribution in [0.15, 0.2) is 0 Å². The lowest BCUT2D eigenvalue weighted by Gasteiger charge is -2.41. The van der Waals surface area contributed by atoms with E-state index in [-0.39, 0.29) is 16.9 Å². The normalized spacial score (nSPS) is 35.4. The van der Waals surface area contributed by atoms with Crippen molar-refractivity contribution in [3.8, 4) is 0 Å². The van der Waals surface area contributed by atoms with Gasteiger partial charge in [-0.05, 0) is 44.1 Å². The fraction of sp³-hybridized carbons (Fsp3) is 0.933. The van der Waals surface area contributed by atoms with Crippen molar-refractivity contribution in [2.45, 2.75) is 77.3 Å². The summed E-state index contributed by atoms with van der Waals surface area (Å²) in [6, 6.07) is 0.351. The van der Waals surface area contributed by atoms with Gasteiger partial charge in [-0.25, -0.2) is 0 Å². The monoisotopic (exact) mass is 252 g/mol. The molecule has 0 aromatic heterocycles. The molecule has 2 unspecified atom stereocenters. The van der Waals surface area contributed by atoms with Gasteiger partial charge < -0.3 is 10.6 Å². The van der Waals surface area contributed by atoms with Crippen molar-refractivity contribution < 1.29 is 4.79 Å². The summed E-state index contributed by atoms with van der Waals surface area (Å²) < 4.78 is 0. The van der Waals surface area contributed by atoms with Crippen molar-refractivity contribution in [3.63, 3.8) is 0 Å². The van der Waals surface area contributed by atoms with Crippen LogP contribution in [0.3, 0.4) is 0 Å². The second-order valence-corrected chi connectivity index (χ2v) is 6.73. The van der Waals surface area contributed by atoms with Crippen LogP contribution in [-0.4, -0.2) is 24.0 Å². The molecule has 2 atom stereocenters. The molecule has 0 aromatic carbocycles. The van der Waals surface area contributed by atoms with Gasteiger partial charge in [-0.1, -0.05) is 33.6 Å². The number of hydrogen-bond donors (Lipinski definition) is 2. The molecule has 1 aliphatic carbocycles. The Morgan fingerprint density at radius 3 is 2.61 bits per heavy atom. The first kappa shape index (κ1) is 13.9. The minimum Gasteiger partial charge on any atom is -0.351 e. The van der Waals surface area contributed by atoms with Crippen molar-refractivity contribution in [2.24, 2.45) is 5.41 Å². The topological polar surface area (TPSA) is 41.1 Å². The van der Waals surface area contributed by atoms with E-state index in [0.717, 1.165) is 32.2 Å². The Bertz CT molecular complexity index is 306. The third kappa shape index (κ3) is 2.56. The van der Waals surface area contributed by atoms with Crippen LogP contribution in [0, 0.1) is 5.41 Å². The first-order chi connectivity index (χ1) is 8.50. The molecule has 0 radical (unpaired) electrons. The molecule has 104 valence electrons. The van der Waals surface area contributed by atoms with E-state index in [1.807, 2.05) is 0 Å². The van der Waals surface area contributed by atoms with E-state index < -0.39 is 0 Å². The number of carbonyl (C=O) groups is 1. The lowest BCUT2D eigenvalue weighted by molar-refractivity contribution is -0.129. The quantitative estimate of drug-likeness (QED) is 0.810. The molecule has 3 nitrogen and oxygen atoms in total. The number of carbonyl (C=O) groups excluding carboxylic acids is 1. The van der Waals surface area contributed by atoms with Crippen molar-refractivity contribution in [1.29, 1.82) is 0 Å². The fourth-order valence-corrected chi connectivity index (χ4v) is 3.52. The van der Waals surface area contributed by atoms with E-state index in [1.165, 1.54) is 19.3 Å². The van der Waals surface area contributed by atoms with Crippen LogP contribution < -0.4 is 10.6 Å². The van der Waals surface area contributed by atoms with Gasteiger partial charge in [-0.3, -0.25) is 4.79 Å². The van der Waals surface area contributed by atoms with Crippen LogP contribution >= 0.6 is 0 Å². The average Bonchev–Trinajstić information content (AvgIpc) is 2.81. The van der Waals surface area contributed by atoms with Crippen molar-refractivity contribution in [2.75, 3.05) is 6.54 Å². The highest BCUT2D eigenvalue weighted by Gasteiger charge is 2.42. The van der Waals surface area contributed by atoms with Crippen molar-refractivity contribution in [3.05, 3.63) is 0 Å². The van der Waals surface area contributed by atoms with E-state index in [2.05, 4.69) is 31.4 Å². The zero-order valence-corrected chi connectivity index (χ0v) is 12.1.